The molecule has 0 heterocycles. The molecule has 0 aromatic heterocycles. The monoisotopic (exact) mass is 308 g/mol. The van der Waals surface area contributed by atoms with Gasteiger partial charge in [-0.2, -0.15) is 0 Å². The summed E-state index contributed by atoms with van der Waals surface area (Å²) in [7, 11) is 0. The summed E-state index contributed by atoms with van der Waals surface area (Å²) >= 11 is 3.78. The molecule has 2 unspecified atom stereocenters. The van der Waals surface area contributed by atoms with Crippen LogP contribution in [-0.2, 0) is 11.8 Å². The Hall–Kier alpha value is -0.300. The molecule has 18 heavy (non-hydrogen) atoms. The van der Waals surface area contributed by atoms with Gasteiger partial charge in [0.1, 0.15) is 0 Å². The third-order valence-corrected chi connectivity index (χ3v) is 4.89. The van der Waals surface area contributed by atoms with Gasteiger partial charge in [-0.05, 0) is 41.7 Å². The topological polar surface area (TPSA) is 0 Å². The average Bonchev–Trinajstić information content (AvgIpc) is 2.28. The van der Waals surface area contributed by atoms with Crippen LogP contribution in [0.5, 0.6) is 0 Å². The largest absolute Gasteiger partial charge is 0.0891 e. The van der Waals surface area contributed by atoms with Crippen molar-refractivity contribution in [1.82, 2.24) is 0 Å². The van der Waals surface area contributed by atoms with Gasteiger partial charge in [0.2, 0.25) is 0 Å². The van der Waals surface area contributed by atoms with E-state index in [4.69, 9.17) is 0 Å². The summed E-state index contributed by atoms with van der Waals surface area (Å²) in [5.41, 5.74) is 3.22. The van der Waals surface area contributed by atoms with Gasteiger partial charge in [-0.1, -0.05) is 73.8 Å². The highest BCUT2D eigenvalue weighted by Gasteiger charge is 2.20. The fourth-order valence-electron chi connectivity index (χ4n) is 2.88. The van der Waals surface area contributed by atoms with Crippen LogP contribution in [0, 0.1) is 5.92 Å². The normalized spacial score (nSPS) is 25.1. The highest BCUT2D eigenvalue weighted by Crippen LogP contribution is 2.31. The first kappa shape index (κ1) is 14.1. The first-order valence-corrected chi connectivity index (χ1v) is 8.10. The van der Waals surface area contributed by atoms with E-state index in [0.717, 1.165) is 10.7 Å². The summed E-state index contributed by atoms with van der Waals surface area (Å²) < 4.78 is 0. The number of hydrogen-bond acceptors (Lipinski definition) is 0. The summed E-state index contributed by atoms with van der Waals surface area (Å²) in [5.74, 6) is 0.878. The minimum atomic E-state index is 0.268. The van der Waals surface area contributed by atoms with Crippen LogP contribution in [0.4, 0.5) is 0 Å². The van der Waals surface area contributed by atoms with E-state index in [1.165, 1.54) is 43.2 Å². The van der Waals surface area contributed by atoms with Crippen LogP contribution in [0.2, 0.25) is 0 Å². The third-order valence-electron chi connectivity index (χ3n) is 4.06. The Labute approximate surface area is 120 Å². The molecule has 0 nitrogen and oxygen atoms in total. The molecule has 0 bridgehead atoms. The molecule has 100 valence electrons. The zero-order valence-electron chi connectivity index (χ0n) is 11.9. The molecule has 0 amide bonds. The lowest BCUT2D eigenvalue weighted by Crippen LogP contribution is -2.17. The minimum absolute atomic E-state index is 0.268. The van der Waals surface area contributed by atoms with Gasteiger partial charge in [0.15, 0.2) is 0 Å². The molecule has 0 N–H and O–H groups in total. The molecular formula is C17H25Br. The second-order valence-corrected chi connectivity index (χ2v) is 8.08. The zero-order chi connectivity index (χ0) is 13.2. The maximum atomic E-state index is 3.78. The summed E-state index contributed by atoms with van der Waals surface area (Å²) in [6.07, 6.45) is 6.76. The van der Waals surface area contributed by atoms with Crippen molar-refractivity contribution in [3.8, 4) is 0 Å². The molecule has 2 rings (SSSR count). The molecule has 0 radical (unpaired) electrons. The van der Waals surface area contributed by atoms with Gasteiger partial charge in [0, 0.05) is 4.83 Å². The highest BCUT2D eigenvalue weighted by molar-refractivity contribution is 9.09. The molecule has 0 saturated heterocycles. The van der Waals surface area contributed by atoms with E-state index in [-0.39, 0.29) is 5.41 Å². The van der Waals surface area contributed by atoms with Crippen LogP contribution >= 0.6 is 15.9 Å². The van der Waals surface area contributed by atoms with E-state index < -0.39 is 0 Å². The van der Waals surface area contributed by atoms with Gasteiger partial charge in [-0.15, -0.1) is 0 Å². The molecule has 1 heteroatoms. The molecule has 0 aliphatic heterocycles. The molecule has 1 fully saturated rings. The van der Waals surface area contributed by atoms with Crippen LogP contribution in [0.1, 0.15) is 57.6 Å². The Kier molecular flexibility index (Phi) is 4.53. The first-order valence-electron chi connectivity index (χ1n) is 7.18. The first-order chi connectivity index (χ1) is 8.45. The van der Waals surface area contributed by atoms with Crippen LogP contribution in [0.25, 0.3) is 0 Å². The second-order valence-electron chi connectivity index (χ2n) is 6.78. The molecule has 1 saturated carbocycles. The lowest BCUT2D eigenvalue weighted by Gasteiger charge is -2.26. The van der Waals surface area contributed by atoms with E-state index >= 15 is 0 Å². The van der Waals surface area contributed by atoms with Crippen molar-refractivity contribution in [3.05, 3.63) is 35.4 Å². The summed E-state index contributed by atoms with van der Waals surface area (Å²) in [6, 6.07) is 9.28. The van der Waals surface area contributed by atoms with Crippen molar-refractivity contribution in [3.63, 3.8) is 0 Å². The van der Waals surface area contributed by atoms with Crippen molar-refractivity contribution in [2.45, 2.75) is 63.1 Å². The Morgan fingerprint density at radius 2 is 1.78 bits per heavy atom. The molecule has 2 atom stereocenters. The van der Waals surface area contributed by atoms with Crippen LogP contribution in [-0.4, -0.2) is 4.83 Å². The molecule has 1 aromatic carbocycles. The van der Waals surface area contributed by atoms with Crippen molar-refractivity contribution < 1.29 is 0 Å². The number of halogens is 1. The van der Waals surface area contributed by atoms with Gasteiger partial charge in [-0.3, -0.25) is 0 Å². The van der Waals surface area contributed by atoms with Gasteiger partial charge in [0.05, 0.1) is 0 Å². The van der Waals surface area contributed by atoms with Crippen LogP contribution in [0.15, 0.2) is 24.3 Å². The SMILES string of the molecule is CC(C)(C)c1ccc(CC2CCCC(Br)C2)cc1. The summed E-state index contributed by atoms with van der Waals surface area (Å²) in [6.45, 7) is 6.83. The summed E-state index contributed by atoms with van der Waals surface area (Å²) in [4.78, 5) is 0.755. The highest BCUT2D eigenvalue weighted by atomic mass is 79.9. The average molecular weight is 309 g/mol. The zero-order valence-corrected chi connectivity index (χ0v) is 13.5. The molecule has 1 aliphatic carbocycles. The van der Waals surface area contributed by atoms with E-state index in [9.17, 15) is 0 Å². The quantitative estimate of drug-likeness (QED) is 0.635. The van der Waals surface area contributed by atoms with E-state index in [1.807, 2.05) is 0 Å². The van der Waals surface area contributed by atoms with E-state index in [2.05, 4.69) is 61.0 Å². The fourth-order valence-corrected chi connectivity index (χ4v) is 3.74. The smallest absolute Gasteiger partial charge is 0.0148 e. The van der Waals surface area contributed by atoms with Gasteiger partial charge < -0.3 is 0 Å². The van der Waals surface area contributed by atoms with Crippen LogP contribution < -0.4 is 0 Å². The number of alkyl halides is 1. The van der Waals surface area contributed by atoms with E-state index in [0.29, 0.717) is 0 Å². The van der Waals surface area contributed by atoms with Gasteiger partial charge in [0.25, 0.3) is 0 Å². The maximum Gasteiger partial charge on any atom is 0.0148 e. The Morgan fingerprint density at radius 3 is 2.33 bits per heavy atom. The van der Waals surface area contributed by atoms with Gasteiger partial charge >= 0.3 is 0 Å². The van der Waals surface area contributed by atoms with Crippen molar-refractivity contribution in [1.29, 1.82) is 0 Å². The van der Waals surface area contributed by atoms with Crippen molar-refractivity contribution in [2.24, 2.45) is 5.92 Å². The number of hydrogen-bond donors (Lipinski definition) is 0. The molecular weight excluding hydrogens is 284 g/mol. The Balaban J connectivity index is 1.98. The predicted molar refractivity (Wildman–Crippen MR) is 83.5 cm³/mol. The van der Waals surface area contributed by atoms with Crippen molar-refractivity contribution in [2.75, 3.05) is 0 Å². The Bertz CT molecular complexity index is 372. The van der Waals surface area contributed by atoms with Gasteiger partial charge in [-0.25, -0.2) is 0 Å². The Morgan fingerprint density at radius 1 is 1.11 bits per heavy atom. The third kappa shape index (κ3) is 3.85. The molecule has 1 aromatic rings. The molecule has 0 spiro atoms. The van der Waals surface area contributed by atoms with E-state index in [1.54, 1.807) is 0 Å². The fraction of sp³-hybridized carbons (Fsp3) is 0.647. The van der Waals surface area contributed by atoms with Crippen molar-refractivity contribution >= 4 is 15.9 Å². The minimum Gasteiger partial charge on any atom is -0.0891 e. The second kappa shape index (κ2) is 5.77. The lowest BCUT2D eigenvalue weighted by molar-refractivity contribution is 0.368. The standard InChI is InChI=1S/C17H25Br/c1-17(2,3)15-9-7-13(8-10-15)11-14-5-4-6-16(18)12-14/h7-10,14,16H,4-6,11-12H2,1-3H3. The number of rotatable bonds is 2. The molecule has 1 aliphatic rings. The number of benzene rings is 1. The lowest BCUT2D eigenvalue weighted by atomic mass is 9.83. The summed E-state index contributed by atoms with van der Waals surface area (Å²) in [5, 5.41) is 0. The predicted octanol–water partition coefficient (Wildman–Crippen LogP) is 5.48. The van der Waals surface area contributed by atoms with Crippen LogP contribution in [0.3, 0.4) is 0 Å². The maximum absolute atomic E-state index is 3.78.